The van der Waals surface area contributed by atoms with Crippen molar-refractivity contribution < 1.29 is 9.90 Å². The van der Waals surface area contributed by atoms with Gasteiger partial charge in [-0.05, 0) is 37.5 Å². The molecule has 22 heavy (non-hydrogen) atoms. The van der Waals surface area contributed by atoms with Crippen LogP contribution in [-0.2, 0) is 4.79 Å². The third-order valence-electron chi connectivity index (χ3n) is 4.17. The number of carboxylic acids is 1. The fourth-order valence-electron chi connectivity index (χ4n) is 2.88. The minimum Gasteiger partial charge on any atom is -0.481 e. The molecule has 1 N–H and O–H groups in total. The van der Waals surface area contributed by atoms with Crippen molar-refractivity contribution >= 4 is 11.8 Å². The van der Waals surface area contributed by atoms with Gasteiger partial charge >= 0.3 is 5.97 Å². The highest BCUT2D eigenvalue weighted by molar-refractivity contribution is 5.71. The van der Waals surface area contributed by atoms with E-state index in [4.69, 9.17) is 5.11 Å². The van der Waals surface area contributed by atoms with E-state index < -0.39 is 5.97 Å². The van der Waals surface area contributed by atoms with Crippen LogP contribution in [0.25, 0.3) is 11.3 Å². The van der Waals surface area contributed by atoms with Crippen molar-refractivity contribution in [1.29, 1.82) is 0 Å². The minimum atomic E-state index is -0.728. The van der Waals surface area contributed by atoms with Gasteiger partial charge < -0.3 is 10.0 Å². The third kappa shape index (κ3) is 2.93. The van der Waals surface area contributed by atoms with Crippen molar-refractivity contribution in [2.24, 2.45) is 5.92 Å². The van der Waals surface area contributed by atoms with E-state index in [-0.39, 0.29) is 5.92 Å². The van der Waals surface area contributed by atoms with Crippen LogP contribution in [0, 0.1) is 12.8 Å². The molecule has 1 aromatic heterocycles. The SMILES string of the molecule is Cc1ccccc1-c1ccc(N2CCC[C@@H](C(=O)O)C2)nn1. The van der Waals surface area contributed by atoms with E-state index in [2.05, 4.69) is 10.2 Å². The van der Waals surface area contributed by atoms with Crippen LogP contribution in [0.5, 0.6) is 0 Å². The Morgan fingerprint density at radius 1 is 1.23 bits per heavy atom. The first-order chi connectivity index (χ1) is 10.6. The molecule has 0 saturated carbocycles. The molecular formula is C17H19N3O2. The highest BCUT2D eigenvalue weighted by atomic mass is 16.4. The van der Waals surface area contributed by atoms with E-state index in [0.29, 0.717) is 6.54 Å². The second-order valence-electron chi connectivity index (χ2n) is 5.72. The molecule has 0 radical (unpaired) electrons. The lowest BCUT2D eigenvalue weighted by Crippen LogP contribution is -2.39. The molecule has 0 aliphatic carbocycles. The van der Waals surface area contributed by atoms with Crippen molar-refractivity contribution in [2.75, 3.05) is 18.0 Å². The van der Waals surface area contributed by atoms with Gasteiger partial charge in [0, 0.05) is 18.7 Å². The number of hydrogen-bond acceptors (Lipinski definition) is 4. The molecular weight excluding hydrogens is 278 g/mol. The van der Waals surface area contributed by atoms with Crippen LogP contribution < -0.4 is 4.90 Å². The Morgan fingerprint density at radius 2 is 2.05 bits per heavy atom. The molecule has 1 saturated heterocycles. The predicted octanol–water partition coefficient (Wildman–Crippen LogP) is 2.75. The van der Waals surface area contributed by atoms with Gasteiger partial charge in [0.1, 0.15) is 0 Å². The molecule has 5 nitrogen and oxygen atoms in total. The van der Waals surface area contributed by atoms with E-state index in [1.54, 1.807) is 0 Å². The maximum Gasteiger partial charge on any atom is 0.308 e. The Morgan fingerprint density at radius 3 is 2.73 bits per heavy atom. The zero-order chi connectivity index (χ0) is 15.5. The summed E-state index contributed by atoms with van der Waals surface area (Å²) in [5, 5.41) is 17.8. The van der Waals surface area contributed by atoms with Crippen LogP contribution >= 0.6 is 0 Å². The smallest absolute Gasteiger partial charge is 0.308 e. The topological polar surface area (TPSA) is 66.3 Å². The maximum atomic E-state index is 11.1. The van der Waals surface area contributed by atoms with Gasteiger partial charge in [-0.25, -0.2) is 0 Å². The fourth-order valence-corrected chi connectivity index (χ4v) is 2.88. The average molecular weight is 297 g/mol. The molecule has 5 heteroatoms. The second-order valence-corrected chi connectivity index (χ2v) is 5.72. The molecule has 1 aliphatic heterocycles. The number of aryl methyl sites for hydroxylation is 1. The highest BCUT2D eigenvalue weighted by Gasteiger charge is 2.26. The van der Waals surface area contributed by atoms with E-state index >= 15 is 0 Å². The molecule has 1 atom stereocenters. The molecule has 0 amide bonds. The van der Waals surface area contributed by atoms with Gasteiger partial charge in [-0.2, -0.15) is 0 Å². The number of piperidine rings is 1. The first-order valence-electron chi connectivity index (χ1n) is 7.52. The molecule has 2 aromatic rings. The maximum absolute atomic E-state index is 11.1. The van der Waals surface area contributed by atoms with Gasteiger partial charge in [0.2, 0.25) is 0 Å². The van der Waals surface area contributed by atoms with E-state index in [1.165, 1.54) is 0 Å². The Labute approximate surface area is 129 Å². The Hall–Kier alpha value is -2.43. The average Bonchev–Trinajstić information content (AvgIpc) is 2.56. The van der Waals surface area contributed by atoms with Crippen molar-refractivity contribution in [1.82, 2.24) is 10.2 Å². The van der Waals surface area contributed by atoms with Gasteiger partial charge in [-0.15, -0.1) is 10.2 Å². The number of aromatic nitrogens is 2. The first-order valence-corrected chi connectivity index (χ1v) is 7.52. The van der Waals surface area contributed by atoms with E-state index in [9.17, 15) is 4.79 Å². The molecule has 1 aromatic carbocycles. The molecule has 0 unspecified atom stereocenters. The molecule has 114 valence electrons. The minimum absolute atomic E-state index is 0.313. The number of aliphatic carboxylic acids is 1. The van der Waals surface area contributed by atoms with Crippen LogP contribution in [0.3, 0.4) is 0 Å². The summed E-state index contributed by atoms with van der Waals surface area (Å²) < 4.78 is 0. The van der Waals surface area contributed by atoms with Gasteiger partial charge in [0.25, 0.3) is 0 Å². The summed E-state index contributed by atoms with van der Waals surface area (Å²) in [5.74, 6) is -0.288. The molecule has 2 heterocycles. The quantitative estimate of drug-likeness (QED) is 0.943. The van der Waals surface area contributed by atoms with Crippen molar-refractivity contribution in [3.05, 3.63) is 42.0 Å². The lowest BCUT2D eigenvalue weighted by atomic mass is 9.98. The summed E-state index contributed by atoms with van der Waals surface area (Å²) in [6.45, 7) is 3.39. The predicted molar refractivity (Wildman–Crippen MR) is 84.8 cm³/mol. The highest BCUT2D eigenvalue weighted by Crippen LogP contribution is 2.24. The normalized spacial score (nSPS) is 18.2. The van der Waals surface area contributed by atoms with Gasteiger partial charge in [0.05, 0.1) is 11.6 Å². The molecule has 1 fully saturated rings. The van der Waals surface area contributed by atoms with Crippen LogP contribution in [-0.4, -0.2) is 34.4 Å². The Bertz CT molecular complexity index is 670. The molecule has 3 rings (SSSR count). The summed E-state index contributed by atoms with van der Waals surface area (Å²) in [6, 6.07) is 11.9. The molecule has 1 aliphatic rings. The summed E-state index contributed by atoms with van der Waals surface area (Å²) >= 11 is 0. The zero-order valence-electron chi connectivity index (χ0n) is 12.6. The number of hydrogen-bond donors (Lipinski definition) is 1. The Balaban J connectivity index is 1.80. The van der Waals surface area contributed by atoms with Crippen LogP contribution in [0.2, 0.25) is 0 Å². The lowest BCUT2D eigenvalue weighted by Gasteiger charge is -2.31. The number of carboxylic acid groups (broad SMARTS) is 1. The van der Waals surface area contributed by atoms with Crippen molar-refractivity contribution in [3.8, 4) is 11.3 Å². The molecule has 0 spiro atoms. The lowest BCUT2D eigenvalue weighted by molar-refractivity contribution is -0.141. The van der Waals surface area contributed by atoms with Crippen molar-refractivity contribution in [2.45, 2.75) is 19.8 Å². The van der Waals surface area contributed by atoms with Gasteiger partial charge in [0.15, 0.2) is 5.82 Å². The monoisotopic (exact) mass is 297 g/mol. The number of rotatable bonds is 3. The van der Waals surface area contributed by atoms with Crippen molar-refractivity contribution in [3.63, 3.8) is 0 Å². The standard InChI is InChI=1S/C17H19N3O2/c1-12-5-2-3-7-14(12)15-8-9-16(19-18-15)20-10-4-6-13(11-20)17(21)22/h2-3,5,7-9,13H,4,6,10-11H2,1H3,(H,21,22)/t13-/m1/s1. The van der Waals surface area contributed by atoms with E-state index in [0.717, 1.165) is 42.0 Å². The van der Waals surface area contributed by atoms with Crippen LogP contribution in [0.1, 0.15) is 18.4 Å². The fraction of sp³-hybridized carbons (Fsp3) is 0.353. The van der Waals surface area contributed by atoms with Gasteiger partial charge in [-0.1, -0.05) is 24.3 Å². The zero-order valence-corrected chi connectivity index (χ0v) is 12.6. The number of benzene rings is 1. The van der Waals surface area contributed by atoms with E-state index in [1.807, 2.05) is 48.2 Å². The van der Waals surface area contributed by atoms with Crippen LogP contribution in [0.4, 0.5) is 5.82 Å². The van der Waals surface area contributed by atoms with Gasteiger partial charge in [-0.3, -0.25) is 4.79 Å². The first kappa shape index (κ1) is 14.5. The summed E-state index contributed by atoms with van der Waals surface area (Å²) in [5.41, 5.74) is 3.07. The summed E-state index contributed by atoms with van der Waals surface area (Å²) in [7, 11) is 0. The second kappa shape index (κ2) is 6.13. The number of carbonyl (C=O) groups is 1. The third-order valence-corrected chi connectivity index (χ3v) is 4.17. The number of anilines is 1. The Kier molecular flexibility index (Phi) is 4.04. The molecule has 0 bridgehead atoms. The summed E-state index contributed by atoms with van der Waals surface area (Å²) in [6.07, 6.45) is 1.61. The summed E-state index contributed by atoms with van der Waals surface area (Å²) in [4.78, 5) is 13.2. The van der Waals surface area contributed by atoms with Crippen LogP contribution in [0.15, 0.2) is 36.4 Å². The number of nitrogens with zero attached hydrogens (tertiary/aromatic N) is 3. The largest absolute Gasteiger partial charge is 0.481 e.